The summed E-state index contributed by atoms with van der Waals surface area (Å²) in [5, 5.41) is 3.34. The van der Waals surface area contributed by atoms with E-state index in [2.05, 4.69) is 35.7 Å². The molecule has 1 heterocycles. The summed E-state index contributed by atoms with van der Waals surface area (Å²) in [6, 6.07) is 18.3. The number of fused-ring (bicyclic) bond motifs is 1. The summed E-state index contributed by atoms with van der Waals surface area (Å²) in [5.74, 6) is 0.327. The number of aryl methyl sites for hydroxylation is 1. The molecule has 1 N–H and O–H groups in total. The van der Waals surface area contributed by atoms with E-state index >= 15 is 0 Å². The van der Waals surface area contributed by atoms with Crippen LogP contribution in [0, 0.1) is 0 Å². The molecular weight excluding hydrogens is 360 g/mol. The largest absolute Gasteiger partial charge is 0.478 e. The highest BCUT2D eigenvalue weighted by Gasteiger charge is 2.30. The molecular formula is C25H28N2O2. The van der Waals surface area contributed by atoms with Crippen LogP contribution in [0.25, 0.3) is 0 Å². The molecule has 1 unspecified atom stereocenters. The van der Waals surface area contributed by atoms with Crippen LogP contribution < -0.4 is 10.2 Å². The molecule has 2 aromatic rings. The van der Waals surface area contributed by atoms with Gasteiger partial charge in [0, 0.05) is 18.8 Å². The van der Waals surface area contributed by atoms with Crippen molar-refractivity contribution in [3.63, 3.8) is 0 Å². The van der Waals surface area contributed by atoms with Crippen LogP contribution in [0.2, 0.25) is 0 Å². The van der Waals surface area contributed by atoms with E-state index in [4.69, 9.17) is 4.74 Å². The minimum Gasteiger partial charge on any atom is -0.478 e. The van der Waals surface area contributed by atoms with Crippen molar-refractivity contribution in [3.05, 3.63) is 89.3 Å². The quantitative estimate of drug-likeness (QED) is 0.792. The molecule has 0 bridgehead atoms. The van der Waals surface area contributed by atoms with Gasteiger partial charge in [-0.1, -0.05) is 48.5 Å². The van der Waals surface area contributed by atoms with Gasteiger partial charge >= 0.3 is 0 Å². The van der Waals surface area contributed by atoms with Gasteiger partial charge in [0.2, 0.25) is 5.76 Å². The summed E-state index contributed by atoms with van der Waals surface area (Å²) in [6.45, 7) is 3.39. The maximum atomic E-state index is 13.6. The molecule has 1 aliphatic carbocycles. The molecule has 4 nitrogen and oxygen atoms in total. The molecule has 4 rings (SSSR count). The Morgan fingerprint density at radius 3 is 2.72 bits per heavy atom. The Morgan fingerprint density at radius 2 is 1.90 bits per heavy atom. The van der Waals surface area contributed by atoms with Gasteiger partial charge in [-0.2, -0.15) is 0 Å². The third kappa shape index (κ3) is 4.21. The Hall–Kier alpha value is -3.01. The first-order valence-electron chi connectivity index (χ1n) is 10.5. The van der Waals surface area contributed by atoms with Crippen molar-refractivity contribution in [2.45, 2.75) is 38.7 Å². The lowest BCUT2D eigenvalue weighted by molar-refractivity contribution is -0.119. The molecule has 4 heteroatoms. The Balaban J connectivity index is 1.71. The number of anilines is 1. The average Bonchev–Trinajstić information content (AvgIpc) is 2.76. The molecule has 0 spiro atoms. The van der Waals surface area contributed by atoms with E-state index in [0.717, 1.165) is 43.6 Å². The molecule has 0 fully saturated rings. The fourth-order valence-corrected chi connectivity index (χ4v) is 4.09. The molecule has 29 heavy (non-hydrogen) atoms. The van der Waals surface area contributed by atoms with Gasteiger partial charge in [-0.3, -0.25) is 4.79 Å². The molecule has 2 aromatic carbocycles. The highest BCUT2D eigenvalue weighted by molar-refractivity contribution is 6.05. The Kier molecular flexibility index (Phi) is 5.99. The van der Waals surface area contributed by atoms with Crippen molar-refractivity contribution < 1.29 is 9.53 Å². The van der Waals surface area contributed by atoms with Crippen LogP contribution in [0.5, 0.6) is 0 Å². The zero-order valence-corrected chi connectivity index (χ0v) is 16.9. The number of carbonyl (C=O) groups excluding carboxylic acids is 1. The molecule has 2 aliphatic rings. The minimum atomic E-state index is -0.0991. The SMILES string of the molecule is CCNC1=C(\OC2CCCc3ccccc32)C(=O)N(c2ccccc2)CC\C=C\1. The topological polar surface area (TPSA) is 41.6 Å². The monoisotopic (exact) mass is 388 g/mol. The number of nitrogens with one attached hydrogen (secondary N) is 1. The summed E-state index contributed by atoms with van der Waals surface area (Å²) < 4.78 is 6.50. The van der Waals surface area contributed by atoms with Gasteiger partial charge < -0.3 is 15.0 Å². The van der Waals surface area contributed by atoms with Crippen LogP contribution in [-0.4, -0.2) is 19.0 Å². The predicted octanol–water partition coefficient (Wildman–Crippen LogP) is 4.89. The van der Waals surface area contributed by atoms with E-state index in [9.17, 15) is 4.79 Å². The number of carbonyl (C=O) groups is 1. The third-order valence-electron chi connectivity index (χ3n) is 5.50. The first-order valence-corrected chi connectivity index (χ1v) is 10.5. The summed E-state index contributed by atoms with van der Waals surface area (Å²) in [6.07, 6.45) is 7.86. The normalized spacial score (nSPS) is 23.0. The Labute approximate surface area is 172 Å². The second kappa shape index (κ2) is 8.99. The summed E-state index contributed by atoms with van der Waals surface area (Å²) in [5.41, 5.74) is 4.19. The number of allylic oxidation sites excluding steroid dienone is 1. The lowest BCUT2D eigenvalue weighted by atomic mass is 9.89. The molecule has 1 atom stereocenters. The second-order valence-electron chi connectivity index (χ2n) is 7.45. The van der Waals surface area contributed by atoms with E-state index in [1.807, 2.05) is 48.2 Å². The van der Waals surface area contributed by atoms with E-state index in [-0.39, 0.29) is 12.0 Å². The third-order valence-corrected chi connectivity index (χ3v) is 5.50. The minimum absolute atomic E-state index is 0.0837. The molecule has 0 radical (unpaired) electrons. The highest BCUT2D eigenvalue weighted by atomic mass is 16.5. The van der Waals surface area contributed by atoms with Crippen LogP contribution in [0.15, 0.2) is 78.2 Å². The van der Waals surface area contributed by atoms with E-state index in [1.54, 1.807) is 0 Å². The number of nitrogens with zero attached hydrogens (tertiary/aromatic N) is 1. The number of rotatable bonds is 5. The van der Waals surface area contributed by atoms with Crippen LogP contribution >= 0.6 is 0 Å². The second-order valence-corrected chi connectivity index (χ2v) is 7.45. The van der Waals surface area contributed by atoms with Gasteiger partial charge in [0.15, 0.2) is 0 Å². The van der Waals surface area contributed by atoms with Crippen molar-refractivity contribution in [1.82, 2.24) is 5.32 Å². The summed E-state index contributed by atoms with van der Waals surface area (Å²) in [4.78, 5) is 15.5. The van der Waals surface area contributed by atoms with E-state index < -0.39 is 0 Å². The standard InChI is InChI=1S/C25H28N2O2/c1-2-26-22-16-8-9-18-27(20-13-4-3-5-14-20)25(28)24(22)29-23-17-10-12-19-11-6-7-15-21(19)23/h3-8,11,13-16,23,26H,2,9-10,12,17-18H2,1H3/b16-8+,24-22-. The highest BCUT2D eigenvalue weighted by Crippen LogP contribution is 2.35. The number of likely N-dealkylation sites (N-methyl/N-ethyl adjacent to an activating group) is 1. The summed E-state index contributed by atoms with van der Waals surface area (Å²) >= 11 is 0. The van der Waals surface area contributed by atoms with Gasteiger partial charge in [0.05, 0.1) is 5.70 Å². The van der Waals surface area contributed by atoms with Gasteiger partial charge in [0.25, 0.3) is 5.91 Å². The van der Waals surface area contributed by atoms with Crippen LogP contribution in [0.1, 0.15) is 43.4 Å². The number of benzene rings is 2. The fourth-order valence-electron chi connectivity index (χ4n) is 4.09. The first-order chi connectivity index (χ1) is 14.3. The van der Waals surface area contributed by atoms with Crippen molar-refractivity contribution in [1.29, 1.82) is 0 Å². The van der Waals surface area contributed by atoms with Gasteiger partial charge in [-0.25, -0.2) is 0 Å². The zero-order valence-electron chi connectivity index (χ0n) is 16.9. The van der Waals surface area contributed by atoms with Crippen molar-refractivity contribution in [3.8, 4) is 0 Å². The van der Waals surface area contributed by atoms with Gasteiger partial charge in [-0.15, -0.1) is 0 Å². The summed E-state index contributed by atoms with van der Waals surface area (Å²) in [7, 11) is 0. The molecule has 0 saturated carbocycles. The lowest BCUT2D eigenvalue weighted by Crippen LogP contribution is -2.37. The molecule has 150 valence electrons. The fraction of sp³-hybridized carbons (Fsp3) is 0.320. The maximum absolute atomic E-state index is 13.6. The van der Waals surface area contributed by atoms with Gasteiger partial charge in [0.1, 0.15) is 6.10 Å². The number of para-hydroxylation sites is 1. The van der Waals surface area contributed by atoms with Crippen LogP contribution in [-0.2, 0) is 16.0 Å². The smallest absolute Gasteiger partial charge is 0.295 e. The predicted molar refractivity (Wildman–Crippen MR) is 116 cm³/mol. The molecule has 1 aliphatic heterocycles. The Bertz CT molecular complexity index is 917. The van der Waals surface area contributed by atoms with Crippen molar-refractivity contribution in [2.75, 3.05) is 18.0 Å². The Morgan fingerprint density at radius 1 is 1.10 bits per heavy atom. The van der Waals surface area contributed by atoms with Crippen LogP contribution in [0.3, 0.4) is 0 Å². The van der Waals surface area contributed by atoms with Crippen molar-refractivity contribution in [2.24, 2.45) is 0 Å². The lowest BCUT2D eigenvalue weighted by Gasteiger charge is -2.31. The van der Waals surface area contributed by atoms with E-state index in [1.165, 1.54) is 11.1 Å². The van der Waals surface area contributed by atoms with Crippen LogP contribution in [0.4, 0.5) is 5.69 Å². The number of ether oxygens (including phenoxy) is 1. The molecule has 1 amide bonds. The molecule has 0 saturated heterocycles. The maximum Gasteiger partial charge on any atom is 0.295 e. The number of amides is 1. The number of hydrogen-bond donors (Lipinski definition) is 1. The van der Waals surface area contributed by atoms with E-state index in [0.29, 0.717) is 12.3 Å². The average molecular weight is 389 g/mol. The number of hydrogen-bond acceptors (Lipinski definition) is 3. The molecule has 0 aromatic heterocycles. The first kappa shape index (κ1) is 19.3. The zero-order chi connectivity index (χ0) is 20.1. The van der Waals surface area contributed by atoms with Gasteiger partial charge in [-0.05, 0) is 61.9 Å². The van der Waals surface area contributed by atoms with Crippen molar-refractivity contribution >= 4 is 11.6 Å².